The predicted molar refractivity (Wildman–Crippen MR) is 54.4 cm³/mol. The minimum Gasteiger partial charge on any atom is 0 e. The molecule has 0 amide bonds. The Kier molecular flexibility index (Phi) is 18.8. The molecule has 0 aliphatic rings. The smallest absolute Gasteiger partial charge is 0 e. The largest absolute Gasteiger partial charge is 0 e. The van der Waals surface area contributed by atoms with Gasteiger partial charge in [-0.2, -0.15) is 0 Å². The first-order valence-electron chi connectivity index (χ1n) is 4.99. The Hall–Kier alpha value is 1.04. The Morgan fingerprint density at radius 3 is 1.50 bits per heavy atom. The molecule has 0 heterocycles. The van der Waals surface area contributed by atoms with Crippen LogP contribution in [0.1, 0.15) is 52.4 Å². The molecule has 0 nitrogen and oxygen atoms in total. The third kappa shape index (κ3) is 13.6. The summed E-state index contributed by atoms with van der Waals surface area (Å²) in [6, 6.07) is 0. The summed E-state index contributed by atoms with van der Waals surface area (Å²) in [7, 11) is 0. The monoisotopic (exact) mass is 285 g/mol. The fourth-order valence-corrected chi connectivity index (χ4v) is 3.15. The SMILES string of the molecule is CCCCC[Se]CCCCC.[Cu]. The van der Waals surface area contributed by atoms with E-state index in [2.05, 4.69) is 13.8 Å². The summed E-state index contributed by atoms with van der Waals surface area (Å²) in [5, 5.41) is 3.06. The number of hydrogen-bond donors (Lipinski definition) is 0. The van der Waals surface area contributed by atoms with E-state index in [9.17, 15) is 0 Å². The Labute approximate surface area is 94.9 Å². The van der Waals surface area contributed by atoms with E-state index in [-0.39, 0.29) is 17.1 Å². The van der Waals surface area contributed by atoms with Crippen molar-refractivity contribution in [3.05, 3.63) is 0 Å². The van der Waals surface area contributed by atoms with Gasteiger partial charge < -0.3 is 0 Å². The summed E-state index contributed by atoms with van der Waals surface area (Å²) in [6.07, 6.45) is 8.65. The molecule has 0 aliphatic heterocycles. The van der Waals surface area contributed by atoms with Gasteiger partial charge in [-0.15, -0.1) is 0 Å². The van der Waals surface area contributed by atoms with Gasteiger partial charge in [-0.25, -0.2) is 0 Å². The summed E-state index contributed by atoms with van der Waals surface area (Å²) in [5.41, 5.74) is 0. The van der Waals surface area contributed by atoms with Crippen molar-refractivity contribution in [3.8, 4) is 0 Å². The van der Waals surface area contributed by atoms with Gasteiger partial charge in [0.15, 0.2) is 0 Å². The normalized spacial score (nSPS) is 9.50. The van der Waals surface area contributed by atoms with Gasteiger partial charge in [-0.3, -0.25) is 0 Å². The van der Waals surface area contributed by atoms with E-state index in [1.807, 2.05) is 0 Å². The summed E-state index contributed by atoms with van der Waals surface area (Å²) in [4.78, 5) is 0. The van der Waals surface area contributed by atoms with Crippen LogP contribution in [0.5, 0.6) is 0 Å². The maximum atomic E-state index is 2.28. The van der Waals surface area contributed by atoms with Crippen molar-refractivity contribution < 1.29 is 17.1 Å². The first kappa shape index (κ1) is 15.5. The van der Waals surface area contributed by atoms with E-state index in [1.54, 1.807) is 0 Å². The maximum absolute atomic E-state index is 2.28. The van der Waals surface area contributed by atoms with Crippen LogP contribution in [-0.2, 0) is 17.1 Å². The summed E-state index contributed by atoms with van der Waals surface area (Å²) >= 11 is 0.977. The quantitative estimate of drug-likeness (QED) is 0.468. The van der Waals surface area contributed by atoms with E-state index in [0.29, 0.717) is 0 Å². The molecule has 0 rings (SSSR count). The molecule has 0 aromatic rings. The van der Waals surface area contributed by atoms with Gasteiger partial charge in [0, 0.05) is 17.1 Å². The van der Waals surface area contributed by atoms with Gasteiger partial charge in [-0.1, -0.05) is 0 Å². The fraction of sp³-hybridized carbons (Fsp3) is 1.00. The van der Waals surface area contributed by atoms with Crippen molar-refractivity contribution >= 4 is 15.0 Å². The molecule has 2 heteroatoms. The van der Waals surface area contributed by atoms with E-state index >= 15 is 0 Å². The molecule has 0 aromatic carbocycles. The third-order valence-electron chi connectivity index (χ3n) is 1.78. The molecule has 1 radical (unpaired) electrons. The molecular formula is C10H22CuSe. The fourth-order valence-electron chi connectivity index (χ4n) is 1.01. The van der Waals surface area contributed by atoms with Crippen LogP contribution >= 0.6 is 0 Å². The summed E-state index contributed by atoms with van der Waals surface area (Å²) in [5.74, 6) is 0. The second kappa shape index (κ2) is 14.6. The molecule has 0 atom stereocenters. The zero-order valence-electron chi connectivity index (χ0n) is 8.37. The van der Waals surface area contributed by atoms with Gasteiger partial charge >= 0.3 is 78.0 Å². The molecule has 0 saturated carbocycles. The molecule has 0 saturated heterocycles. The van der Waals surface area contributed by atoms with Crippen molar-refractivity contribution in [2.75, 3.05) is 0 Å². The van der Waals surface area contributed by atoms with Crippen molar-refractivity contribution in [2.45, 2.75) is 63.0 Å². The number of rotatable bonds is 8. The zero-order valence-corrected chi connectivity index (χ0v) is 11.0. The molecule has 0 fully saturated rings. The Morgan fingerprint density at radius 2 is 1.17 bits per heavy atom. The molecule has 0 N–H and O–H groups in total. The molecule has 79 valence electrons. The second-order valence-electron chi connectivity index (χ2n) is 3.03. The standard InChI is InChI=1S/C10H22Se.Cu/c1-3-5-7-9-11-10-8-6-4-2;/h3-10H2,1-2H3;. The van der Waals surface area contributed by atoms with Crippen LogP contribution in [0, 0.1) is 0 Å². The molecule has 0 spiro atoms. The number of unbranched alkanes of at least 4 members (excludes halogenated alkanes) is 4. The van der Waals surface area contributed by atoms with Gasteiger partial charge in [0.1, 0.15) is 0 Å². The average Bonchev–Trinajstić information content (AvgIpc) is 2.03. The van der Waals surface area contributed by atoms with Gasteiger partial charge in [0.05, 0.1) is 0 Å². The molecule has 12 heavy (non-hydrogen) atoms. The average molecular weight is 285 g/mol. The minimum atomic E-state index is 0. The van der Waals surface area contributed by atoms with Crippen LogP contribution < -0.4 is 0 Å². The summed E-state index contributed by atoms with van der Waals surface area (Å²) in [6.45, 7) is 4.56. The molecule has 0 aliphatic carbocycles. The molecule has 0 bridgehead atoms. The first-order valence-corrected chi connectivity index (χ1v) is 7.41. The second-order valence-corrected chi connectivity index (χ2v) is 5.60. The van der Waals surface area contributed by atoms with Crippen LogP contribution in [0.2, 0.25) is 10.6 Å². The Balaban J connectivity index is 0. The predicted octanol–water partition coefficient (Wildman–Crippen LogP) is 3.91. The van der Waals surface area contributed by atoms with Crippen LogP contribution in [0.25, 0.3) is 0 Å². The Bertz CT molecular complexity index is 58.9. The van der Waals surface area contributed by atoms with Crippen LogP contribution in [0.3, 0.4) is 0 Å². The minimum absolute atomic E-state index is 0. The van der Waals surface area contributed by atoms with E-state index in [1.165, 1.54) is 49.2 Å². The van der Waals surface area contributed by atoms with E-state index in [0.717, 1.165) is 15.0 Å². The van der Waals surface area contributed by atoms with Crippen molar-refractivity contribution in [3.63, 3.8) is 0 Å². The van der Waals surface area contributed by atoms with Crippen LogP contribution in [0.15, 0.2) is 0 Å². The van der Waals surface area contributed by atoms with Gasteiger partial charge in [0.2, 0.25) is 0 Å². The van der Waals surface area contributed by atoms with E-state index in [4.69, 9.17) is 0 Å². The van der Waals surface area contributed by atoms with Crippen molar-refractivity contribution in [1.82, 2.24) is 0 Å². The molecular weight excluding hydrogens is 263 g/mol. The number of hydrogen-bond acceptors (Lipinski definition) is 0. The molecule has 0 aromatic heterocycles. The van der Waals surface area contributed by atoms with Crippen LogP contribution in [-0.4, -0.2) is 15.0 Å². The van der Waals surface area contributed by atoms with Crippen LogP contribution in [0.4, 0.5) is 0 Å². The first-order chi connectivity index (χ1) is 5.41. The molecule has 0 unspecified atom stereocenters. The van der Waals surface area contributed by atoms with Gasteiger partial charge in [-0.05, 0) is 0 Å². The summed E-state index contributed by atoms with van der Waals surface area (Å²) < 4.78 is 0. The maximum Gasteiger partial charge on any atom is 0 e. The zero-order chi connectivity index (χ0) is 8.36. The van der Waals surface area contributed by atoms with Crippen molar-refractivity contribution in [2.24, 2.45) is 0 Å². The van der Waals surface area contributed by atoms with Gasteiger partial charge in [0.25, 0.3) is 0 Å². The topological polar surface area (TPSA) is 0 Å². The van der Waals surface area contributed by atoms with Crippen molar-refractivity contribution in [1.29, 1.82) is 0 Å². The van der Waals surface area contributed by atoms with E-state index < -0.39 is 0 Å². The Morgan fingerprint density at radius 1 is 0.750 bits per heavy atom. The third-order valence-corrected chi connectivity index (χ3v) is 4.21.